The lowest BCUT2D eigenvalue weighted by molar-refractivity contribution is -0.384. The number of non-ortho nitro benzene ring substituents is 1. The molecule has 3 aromatic rings. The SMILES string of the molecule is Cn1cc(C#CC(C)(C)C)c(-c2cc([N+](=O)[O-])ccc2NC(=O)c2cc(C(F)(F)F)ccc2F)n1. The number of nitrogens with zero attached hydrogens (tertiary/aromatic N) is 3. The number of alkyl halides is 3. The number of aromatic nitrogens is 2. The zero-order valence-electron chi connectivity index (χ0n) is 19.1. The van der Waals surface area contributed by atoms with Crippen LogP contribution in [0.4, 0.5) is 28.9 Å². The van der Waals surface area contributed by atoms with Gasteiger partial charge in [-0.3, -0.25) is 19.6 Å². The largest absolute Gasteiger partial charge is 0.416 e. The minimum absolute atomic E-state index is 0.0186. The van der Waals surface area contributed by atoms with E-state index in [1.165, 1.54) is 10.7 Å². The van der Waals surface area contributed by atoms with Crippen LogP contribution in [0.5, 0.6) is 0 Å². The fourth-order valence-corrected chi connectivity index (χ4v) is 3.05. The fraction of sp³-hybridized carbons (Fsp3) is 0.250. The molecule has 0 aliphatic heterocycles. The van der Waals surface area contributed by atoms with Gasteiger partial charge in [-0.25, -0.2) is 4.39 Å². The van der Waals surface area contributed by atoms with E-state index in [0.717, 1.165) is 12.1 Å². The van der Waals surface area contributed by atoms with Crippen molar-refractivity contribution in [3.05, 3.63) is 75.2 Å². The lowest BCUT2D eigenvalue weighted by atomic mass is 9.97. The van der Waals surface area contributed by atoms with Crippen LogP contribution in [-0.2, 0) is 13.2 Å². The van der Waals surface area contributed by atoms with Crippen molar-refractivity contribution in [3.8, 4) is 23.1 Å². The van der Waals surface area contributed by atoms with E-state index in [-0.39, 0.29) is 28.0 Å². The number of benzene rings is 2. The molecule has 0 fully saturated rings. The summed E-state index contributed by atoms with van der Waals surface area (Å²) in [5, 5.41) is 18.0. The Balaban J connectivity index is 2.12. The number of nitrogens with one attached hydrogen (secondary N) is 1. The number of hydrogen-bond acceptors (Lipinski definition) is 4. The van der Waals surface area contributed by atoms with Gasteiger partial charge in [0.05, 0.1) is 27.3 Å². The van der Waals surface area contributed by atoms with Crippen LogP contribution < -0.4 is 5.32 Å². The molecule has 182 valence electrons. The minimum atomic E-state index is -4.78. The smallest absolute Gasteiger partial charge is 0.321 e. The molecule has 0 aliphatic rings. The quantitative estimate of drug-likeness (QED) is 0.217. The third-order valence-electron chi connectivity index (χ3n) is 4.66. The first-order valence-electron chi connectivity index (χ1n) is 10.2. The molecule has 2 aromatic carbocycles. The fourth-order valence-electron chi connectivity index (χ4n) is 3.05. The van der Waals surface area contributed by atoms with Gasteiger partial charge in [-0.1, -0.05) is 11.8 Å². The molecule has 3 rings (SSSR count). The molecule has 0 bridgehead atoms. The number of carbonyl (C=O) groups is 1. The number of anilines is 1. The van der Waals surface area contributed by atoms with Crippen molar-refractivity contribution in [2.75, 3.05) is 5.32 Å². The summed E-state index contributed by atoms with van der Waals surface area (Å²) in [5.74, 6) is 3.67. The van der Waals surface area contributed by atoms with E-state index in [9.17, 15) is 32.5 Å². The van der Waals surface area contributed by atoms with E-state index in [2.05, 4.69) is 22.3 Å². The maximum atomic E-state index is 14.2. The van der Waals surface area contributed by atoms with Gasteiger partial charge in [-0.15, -0.1) is 0 Å². The van der Waals surface area contributed by atoms with E-state index in [1.54, 1.807) is 13.2 Å². The van der Waals surface area contributed by atoms with Crippen LogP contribution in [0.3, 0.4) is 0 Å². The molecule has 1 aromatic heterocycles. The Morgan fingerprint density at radius 1 is 1.14 bits per heavy atom. The molecule has 1 N–H and O–H groups in total. The van der Waals surface area contributed by atoms with Crippen molar-refractivity contribution < 1.29 is 27.3 Å². The van der Waals surface area contributed by atoms with Gasteiger partial charge in [0.1, 0.15) is 11.5 Å². The average molecular weight is 488 g/mol. The second kappa shape index (κ2) is 9.21. The molecule has 7 nitrogen and oxygen atoms in total. The van der Waals surface area contributed by atoms with Crippen LogP contribution in [0, 0.1) is 33.2 Å². The zero-order valence-corrected chi connectivity index (χ0v) is 19.1. The first kappa shape index (κ1) is 25.4. The second-order valence-electron chi connectivity index (χ2n) is 8.70. The molecule has 0 saturated heterocycles. The second-order valence-corrected chi connectivity index (χ2v) is 8.70. The molecule has 0 saturated carbocycles. The lowest BCUT2D eigenvalue weighted by Gasteiger charge is -2.13. The Morgan fingerprint density at radius 3 is 2.43 bits per heavy atom. The van der Waals surface area contributed by atoms with Gasteiger partial charge in [0.2, 0.25) is 0 Å². The summed E-state index contributed by atoms with van der Waals surface area (Å²) in [6, 6.07) is 4.93. The van der Waals surface area contributed by atoms with Gasteiger partial charge >= 0.3 is 6.18 Å². The summed E-state index contributed by atoms with van der Waals surface area (Å²) in [7, 11) is 1.61. The van der Waals surface area contributed by atoms with E-state index in [4.69, 9.17) is 0 Å². The Bertz CT molecular complexity index is 1380. The average Bonchev–Trinajstić information content (AvgIpc) is 3.11. The predicted molar refractivity (Wildman–Crippen MR) is 121 cm³/mol. The minimum Gasteiger partial charge on any atom is -0.321 e. The standard InChI is InChI=1S/C24H20F4N4O3/c1-23(2,3)10-9-14-13-31(4)30-21(14)18-12-16(32(34)35)6-8-20(18)29-22(33)17-11-15(24(26,27)28)5-7-19(17)25/h5-8,11-13H,1-4H3,(H,29,33). The van der Waals surface area contributed by atoms with Gasteiger partial charge in [-0.2, -0.15) is 18.3 Å². The Kier molecular flexibility index (Phi) is 6.69. The number of hydrogen-bond donors (Lipinski definition) is 1. The highest BCUT2D eigenvalue weighted by Crippen LogP contribution is 2.34. The molecule has 1 heterocycles. The molecular formula is C24H20F4N4O3. The predicted octanol–water partition coefficient (Wildman–Crippen LogP) is 5.80. The number of halogens is 4. The number of nitro groups is 1. The van der Waals surface area contributed by atoms with Gasteiger partial charge in [0, 0.05) is 36.4 Å². The molecule has 11 heteroatoms. The van der Waals surface area contributed by atoms with E-state index in [0.29, 0.717) is 23.8 Å². The third-order valence-corrected chi connectivity index (χ3v) is 4.66. The molecule has 0 aliphatic carbocycles. The highest BCUT2D eigenvalue weighted by Gasteiger charge is 2.32. The summed E-state index contributed by atoms with van der Waals surface area (Å²) >= 11 is 0. The maximum absolute atomic E-state index is 14.2. The van der Waals surface area contributed by atoms with Gasteiger partial charge in [0.25, 0.3) is 11.6 Å². The van der Waals surface area contributed by atoms with Crippen LogP contribution in [0.2, 0.25) is 0 Å². The van der Waals surface area contributed by atoms with E-state index >= 15 is 0 Å². The summed E-state index contributed by atoms with van der Waals surface area (Å²) < 4.78 is 54.8. The van der Waals surface area contributed by atoms with Crippen molar-refractivity contribution >= 4 is 17.3 Å². The highest BCUT2D eigenvalue weighted by atomic mass is 19.4. The van der Waals surface area contributed by atoms with E-state index < -0.39 is 34.0 Å². The normalized spacial score (nSPS) is 11.5. The first-order chi connectivity index (χ1) is 16.2. The summed E-state index contributed by atoms with van der Waals surface area (Å²) in [6.45, 7) is 5.66. The molecule has 1 amide bonds. The molecule has 0 spiro atoms. The maximum Gasteiger partial charge on any atom is 0.416 e. The molecule has 35 heavy (non-hydrogen) atoms. The van der Waals surface area contributed by atoms with Crippen LogP contribution in [0.1, 0.15) is 42.3 Å². The van der Waals surface area contributed by atoms with Crippen LogP contribution in [0.25, 0.3) is 11.3 Å². The van der Waals surface area contributed by atoms with Gasteiger partial charge in [0.15, 0.2) is 0 Å². The van der Waals surface area contributed by atoms with Gasteiger partial charge < -0.3 is 5.32 Å². The summed E-state index contributed by atoms with van der Waals surface area (Å²) in [4.78, 5) is 23.5. The van der Waals surface area contributed by atoms with Crippen molar-refractivity contribution in [2.45, 2.75) is 26.9 Å². The zero-order chi connectivity index (χ0) is 26.1. The molecular weight excluding hydrogens is 468 g/mol. The number of rotatable bonds is 4. The molecule has 0 atom stereocenters. The van der Waals surface area contributed by atoms with E-state index in [1.807, 2.05) is 20.8 Å². The first-order valence-corrected chi connectivity index (χ1v) is 10.2. The Labute approximate surface area is 197 Å². The summed E-state index contributed by atoms with van der Waals surface area (Å²) in [6.07, 6.45) is -3.19. The molecule has 0 radical (unpaired) electrons. The Morgan fingerprint density at radius 2 is 1.83 bits per heavy atom. The third kappa shape index (κ3) is 6.03. The monoisotopic (exact) mass is 488 g/mol. The van der Waals surface area contributed by atoms with Gasteiger partial charge in [-0.05, 0) is 45.0 Å². The highest BCUT2D eigenvalue weighted by molar-refractivity contribution is 6.06. The summed E-state index contributed by atoms with van der Waals surface area (Å²) in [5.41, 5.74) is -2.03. The van der Waals surface area contributed by atoms with Crippen molar-refractivity contribution in [2.24, 2.45) is 12.5 Å². The van der Waals surface area contributed by atoms with Crippen LogP contribution in [-0.4, -0.2) is 20.6 Å². The topological polar surface area (TPSA) is 90.1 Å². The lowest BCUT2D eigenvalue weighted by Crippen LogP contribution is -2.16. The van der Waals surface area contributed by atoms with Crippen LogP contribution in [0.15, 0.2) is 42.6 Å². The number of carbonyl (C=O) groups excluding carboxylic acids is 1. The van der Waals surface area contributed by atoms with Crippen molar-refractivity contribution in [1.82, 2.24) is 9.78 Å². The van der Waals surface area contributed by atoms with Crippen LogP contribution >= 0.6 is 0 Å². The van der Waals surface area contributed by atoms with Crippen molar-refractivity contribution in [1.29, 1.82) is 0 Å². The Hall–Kier alpha value is -4.20. The number of nitro benzene ring substituents is 1. The van der Waals surface area contributed by atoms with Crippen molar-refractivity contribution in [3.63, 3.8) is 0 Å². The number of amides is 1. The molecule has 0 unspecified atom stereocenters. The number of aryl methyl sites for hydroxylation is 1.